The summed E-state index contributed by atoms with van der Waals surface area (Å²) >= 11 is 0. The maximum atomic E-state index is 10.8. The van der Waals surface area contributed by atoms with Crippen molar-refractivity contribution in [1.29, 1.82) is 0 Å². The van der Waals surface area contributed by atoms with E-state index in [1.807, 2.05) is 0 Å². The summed E-state index contributed by atoms with van der Waals surface area (Å²) < 4.78 is 0. The molecule has 0 saturated heterocycles. The maximum absolute atomic E-state index is 10.8. The van der Waals surface area contributed by atoms with E-state index in [1.54, 1.807) is 12.2 Å². The average molecular weight is 262 g/mol. The summed E-state index contributed by atoms with van der Waals surface area (Å²) in [6.07, 6.45) is 13.1. The summed E-state index contributed by atoms with van der Waals surface area (Å²) in [4.78, 5) is 29.7. The zero-order valence-corrected chi connectivity index (χ0v) is 11.7. The first-order valence-electron chi connectivity index (χ1n) is 7.36. The molecule has 4 nitrogen and oxygen atoms in total. The third kappa shape index (κ3) is 2.43. The van der Waals surface area contributed by atoms with Gasteiger partial charge in [-0.2, -0.15) is 9.98 Å². The first kappa shape index (κ1) is 14.2. The molecule has 4 heteroatoms. The van der Waals surface area contributed by atoms with Crippen molar-refractivity contribution in [1.82, 2.24) is 0 Å². The van der Waals surface area contributed by atoms with Gasteiger partial charge in [0.25, 0.3) is 0 Å². The van der Waals surface area contributed by atoms with Gasteiger partial charge in [0.15, 0.2) is 5.66 Å². The third-order valence-corrected chi connectivity index (χ3v) is 5.35. The van der Waals surface area contributed by atoms with Gasteiger partial charge < -0.3 is 0 Å². The maximum Gasteiger partial charge on any atom is 0.237 e. The third-order valence-electron chi connectivity index (χ3n) is 5.35. The Labute approximate surface area is 114 Å². The fraction of sp³-hybridized carbons (Fsp3) is 0.867. The molecule has 2 saturated carbocycles. The molecule has 2 fully saturated rings. The quantitative estimate of drug-likeness (QED) is 0.577. The molecule has 1 atom stereocenters. The predicted octanol–water partition coefficient (Wildman–Crippen LogP) is 3.51. The molecule has 0 N–H and O–H groups in total. The van der Waals surface area contributed by atoms with Crippen LogP contribution in [0.1, 0.15) is 64.7 Å². The van der Waals surface area contributed by atoms with Gasteiger partial charge in [0, 0.05) is 5.41 Å². The molecule has 0 heterocycles. The Morgan fingerprint density at radius 3 is 2.05 bits per heavy atom. The van der Waals surface area contributed by atoms with E-state index in [0.29, 0.717) is 12.3 Å². The summed E-state index contributed by atoms with van der Waals surface area (Å²) in [6.45, 7) is 2.16. The van der Waals surface area contributed by atoms with Crippen LogP contribution in [0, 0.1) is 11.3 Å². The van der Waals surface area contributed by atoms with E-state index in [2.05, 4.69) is 16.9 Å². The summed E-state index contributed by atoms with van der Waals surface area (Å²) in [5.41, 5.74) is -1.10. The van der Waals surface area contributed by atoms with E-state index < -0.39 is 5.66 Å². The lowest BCUT2D eigenvalue weighted by atomic mass is 9.57. The Bertz CT molecular complexity index is 398. The Morgan fingerprint density at radius 2 is 1.47 bits per heavy atom. The number of isocyanates is 2. The van der Waals surface area contributed by atoms with E-state index in [9.17, 15) is 9.59 Å². The van der Waals surface area contributed by atoms with Crippen LogP contribution >= 0.6 is 0 Å². The lowest BCUT2D eigenvalue weighted by Gasteiger charge is -2.50. The lowest BCUT2D eigenvalue weighted by molar-refractivity contribution is 0.00581. The van der Waals surface area contributed by atoms with Gasteiger partial charge in [-0.25, -0.2) is 9.59 Å². The number of rotatable bonds is 3. The van der Waals surface area contributed by atoms with Crippen molar-refractivity contribution in [3.05, 3.63) is 0 Å². The van der Waals surface area contributed by atoms with Gasteiger partial charge in [-0.15, -0.1) is 0 Å². The van der Waals surface area contributed by atoms with Crippen molar-refractivity contribution in [2.24, 2.45) is 21.3 Å². The van der Waals surface area contributed by atoms with Crippen molar-refractivity contribution >= 4 is 12.2 Å². The van der Waals surface area contributed by atoms with Gasteiger partial charge >= 0.3 is 0 Å². The van der Waals surface area contributed by atoms with Crippen LogP contribution in [0.2, 0.25) is 0 Å². The van der Waals surface area contributed by atoms with Gasteiger partial charge in [0.1, 0.15) is 0 Å². The minimum atomic E-state index is -0.906. The molecular formula is C15H22N2O2. The summed E-state index contributed by atoms with van der Waals surface area (Å²) in [7, 11) is 0. The van der Waals surface area contributed by atoms with Crippen molar-refractivity contribution in [2.75, 3.05) is 0 Å². The first-order valence-corrected chi connectivity index (χ1v) is 7.36. The van der Waals surface area contributed by atoms with Crippen LogP contribution in [0.3, 0.4) is 0 Å². The number of aliphatic imine (C=N–C) groups is 2. The van der Waals surface area contributed by atoms with Crippen molar-refractivity contribution in [3.63, 3.8) is 0 Å². The number of carbonyl (C=O) groups excluding carboxylic acids is 2. The smallest absolute Gasteiger partial charge is 0.211 e. The molecule has 1 unspecified atom stereocenters. The predicted molar refractivity (Wildman–Crippen MR) is 72.1 cm³/mol. The molecule has 0 aliphatic heterocycles. The standard InChI is InChI=1S/C15H22N2O2/c1-14(13-7-3-2-4-8-13)9-5-6-10-15(14,16-11-18)17-12-19/h13H,2-10H2,1H3. The molecule has 2 rings (SSSR count). The Kier molecular flexibility index (Phi) is 4.34. The van der Waals surface area contributed by atoms with Crippen LogP contribution in [-0.4, -0.2) is 17.8 Å². The Morgan fingerprint density at radius 1 is 0.895 bits per heavy atom. The minimum absolute atomic E-state index is 0.194. The van der Waals surface area contributed by atoms with E-state index >= 15 is 0 Å². The topological polar surface area (TPSA) is 58.9 Å². The molecule has 19 heavy (non-hydrogen) atoms. The monoisotopic (exact) mass is 262 g/mol. The van der Waals surface area contributed by atoms with Crippen molar-refractivity contribution in [3.8, 4) is 0 Å². The molecule has 0 bridgehead atoms. The second-order valence-corrected chi connectivity index (χ2v) is 6.18. The Hall–Kier alpha value is -1.24. The van der Waals surface area contributed by atoms with Crippen LogP contribution < -0.4 is 0 Å². The fourth-order valence-electron chi connectivity index (χ4n) is 4.16. The van der Waals surface area contributed by atoms with Gasteiger partial charge in [0.05, 0.1) is 0 Å². The van der Waals surface area contributed by atoms with Crippen molar-refractivity contribution in [2.45, 2.75) is 70.4 Å². The zero-order chi connectivity index (χ0) is 13.8. The molecule has 0 amide bonds. The second-order valence-electron chi connectivity index (χ2n) is 6.18. The van der Waals surface area contributed by atoms with Crippen LogP contribution in [0.25, 0.3) is 0 Å². The average Bonchev–Trinajstić information content (AvgIpc) is 2.44. The van der Waals surface area contributed by atoms with Crippen LogP contribution in [0.5, 0.6) is 0 Å². The van der Waals surface area contributed by atoms with E-state index in [1.165, 1.54) is 19.3 Å². The first-order chi connectivity index (χ1) is 9.18. The molecule has 0 aromatic heterocycles. The molecule has 0 aromatic rings. The van der Waals surface area contributed by atoms with Gasteiger partial charge in [-0.1, -0.05) is 32.6 Å². The van der Waals surface area contributed by atoms with Gasteiger partial charge in [0.2, 0.25) is 12.2 Å². The molecule has 2 aliphatic carbocycles. The second kappa shape index (κ2) is 5.81. The van der Waals surface area contributed by atoms with E-state index in [-0.39, 0.29) is 5.41 Å². The highest BCUT2D eigenvalue weighted by Gasteiger charge is 2.54. The lowest BCUT2D eigenvalue weighted by Crippen LogP contribution is -2.51. The SMILES string of the molecule is CC1(C2CCCCC2)CCCCC1(N=C=O)N=C=O. The summed E-state index contributed by atoms with van der Waals surface area (Å²) in [5.74, 6) is 0.496. The van der Waals surface area contributed by atoms with Crippen LogP contribution in [0.4, 0.5) is 0 Å². The Balaban J connectivity index is 2.41. The highest BCUT2D eigenvalue weighted by molar-refractivity contribution is 5.40. The largest absolute Gasteiger partial charge is 0.237 e. The minimum Gasteiger partial charge on any atom is -0.211 e. The molecule has 0 spiro atoms. The molecule has 2 aliphatic rings. The number of hydrogen-bond donors (Lipinski definition) is 0. The highest BCUT2D eigenvalue weighted by Crippen LogP contribution is 2.55. The molecular weight excluding hydrogens is 240 g/mol. The van der Waals surface area contributed by atoms with Crippen LogP contribution in [0.15, 0.2) is 9.98 Å². The zero-order valence-electron chi connectivity index (χ0n) is 11.7. The molecule has 104 valence electrons. The van der Waals surface area contributed by atoms with Gasteiger partial charge in [-0.3, -0.25) is 0 Å². The summed E-state index contributed by atoms with van der Waals surface area (Å²) in [5, 5.41) is 0. The van der Waals surface area contributed by atoms with Crippen molar-refractivity contribution < 1.29 is 9.59 Å². The molecule has 0 radical (unpaired) electrons. The normalized spacial score (nSPS) is 36.1. The number of hydrogen-bond acceptors (Lipinski definition) is 4. The highest BCUT2D eigenvalue weighted by atomic mass is 16.1. The molecule has 0 aromatic carbocycles. The van der Waals surface area contributed by atoms with E-state index in [4.69, 9.17) is 0 Å². The summed E-state index contributed by atoms with van der Waals surface area (Å²) in [6, 6.07) is 0. The van der Waals surface area contributed by atoms with Crippen LogP contribution in [-0.2, 0) is 9.59 Å². The van der Waals surface area contributed by atoms with Gasteiger partial charge in [-0.05, 0) is 38.0 Å². The van der Waals surface area contributed by atoms with E-state index in [0.717, 1.165) is 32.1 Å². The fourth-order valence-corrected chi connectivity index (χ4v) is 4.16. The number of nitrogens with zero attached hydrogens (tertiary/aromatic N) is 2.